The summed E-state index contributed by atoms with van der Waals surface area (Å²) < 4.78 is 1.97. The Morgan fingerprint density at radius 2 is 1.88 bits per heavy atom. The topological polar surface area (TPSA) is 51.0 Å². The van der Waals surface area contributed by atoms with Crippen LogP contribution >= 0.6 is 0 Å². The maximum absolute atomic E-state index is 12.8. The summed E-state index contributed by atoms with van der Waals surface area (Å²) in [5.41, 5.74) is 4.82. The summed E-state index contributed by atoms with van der Waals surface area (Å²) in [6, 6.07) is 15.5. The van der Waals surface area contributed by atoms with Crippen molar-refractivity contribution in [1.82, 2.24) is 19.7 Å². The molecule has 26 heavy (non-hydrogen) atoms. The van der Waals surface area contributed by atoms with E-state index in [9.17, 15) is 4.79 Å². The molecule has 0 aliphatic carbocycles. The molecule has 2 aromatic heterocycles. The van der Waals surface area contributed by atoms with Crippen LogP contribution < -0.4 is 0 Å². The molecule has 0 N–H and O–H groups in total. The van der Waals surface area contributed by atoms with Gasteiger partial charge in [0.05, 0.1) is 24.0 Å². The lowest BCUT2D eigenvalue weighted by molar-refractivity contribution is 0.0740. The minimum atomic E-state index is -0.0851. The Balaban J connectivity index is 1.71. The zero-order valence-electron chi connectivity index (χ0n) is 15.7. The van der Waals surface area contributed by atoms with Gasteiger partial charge in [-0.3, -0.25) is 14.5 Å². The third-order valence-electron chi connectivity index (χ3n) is 4.65. The van der Waals surface area contributed by atoms with Crippen molar-refractivity contribution in [1.29, 1.82) is 0 Å². The van der Waals surface area contributed by atoms with Gasteiger partial charge in [0.2, 0.25) is 0 Å². The zero-order chi connectivity index (χ0) is 18.7. The maximum Gasteiger partial charge on any atom is 0.254 e. The predicted molar refractivity (Wildman–Crippen MR) is 102 cm³/mol. The van der Waals surface area contributed by atoms with Crippen molar-refractivity contribution < 1.29 is 4.79 Å². The molecule has 0 radical (unpaired) electrons. The monoisotopic (exact) mass is 348 g/mol. The molecule has 1 amide bonds. The molecule has 1 atom stereocenters. The Morgan fingerprint density at radius 1 is 1.15 bits per heavy atom. The average Bonchev–Trinajstić information content (AvgIpc) is 2.98. The van der Waals surface area contributed by atoms with Crippen LogP contribution in [0.3, 0.4) is 0 Å². The lowest BCUT2D eigenvalue weighted by Crippen LogP contribution is -2.30. The number of rotatable bonds is 5. The highest BCUT2D eigenvalue weighted by molar-refractivity contribution is 5.94. The van der Waals surface area contributed by atoms with Gasteiger partial charge in [0.15, 0.2) is 0 Å². The Kier molecular flexibility index (Phi) is 5.16. The number of aryl methyl sites for hydroxylation is 2. The van der Waals surface area contributed by atoms with Gasteiger partial charge in [0.1, 0.15) is 0 Å². The number of benzene rings is 1. The van der Waals surface area contributed by atoms with E-state index in [4.69, 9.17) is 0 Å². The van der Waals surface area contributed by atoms with Gasteiger partial charge >= 0.3 is 0 Å². The van der Waals surface area contributed by atoms with Crippen LogP contribution in [0.4, 0.5) is 0 Å². The summed E-state index contributed by atoms with van der Waals surface area (Å²) in [4.78, 5) is 18.8. The molecule has 1 unspecified atom stereocenters. The molecule has 5 heteroatoms. The largest absolute Gasteiger partial charge is 0.333 e. The lowest BCUT2D eigenvalue weighted by Gasteiger charge is -2.24. The van der Waals surface area contributed by atoms with Gasteiger partial charge in [-0.1, -0.05) is 18.2 Å². The molecule has 0 bridgehead atoms. The van der Waals surface area contributed by atoms with Crippen molar-refractivity contribution in [3.05, 3.63) is 82.9 Å². The number of nitrogens with zero attached hydrogens (tertiary/aromatic N) is 4. The van der Waals surface area contributed by atoms with Crippen molar-refractivity contribution >= 4 is 5.91 Å². The first-order valence-corrected chi connectivity index (χ1v) is 8.74. The first-order chi connectivity index (χ1) is 12.5. The second-order valence-corrected chi connectivity index (χ2v) is 6.63. The molecule has 0 aliphatic rings. The fraction of sp³-hybridized carbons (Fsp3) is 0.286. The molecule has 3 rings (SSSR count). The van der Waals surface area contributed by atoms with Crippen LogP contribution in [0, 0.1) is 13.8 Å². The Morgan fingerprint density at radius 3 is 2.46 bits per heavy atom. The first-order valence-electron chi connectivity index (χ1n) is 8.74. The van der Waals surface area contributed by atoms with Crippen LogP contribution in [0.2, 0.25) is 0 Å². The van der Waals surface area contributed by atoms with E-state index < -0.39 is 0 Å². The van der Waals surface area contributed by atoms with Crippen LogP contribution in [0.5, 0.6) is 0 Å². The number of hydrogen-bond acceptors (Lipinski definition) is 3. The van der Waals surface area contributed by atoms with Crippen LogP contribution in [0.15, 0.2) is 54.7 Å². The molecule has 2 heterocycles. The van der Waals surface area contributed by atoms with Crippen molar-refractivity contribution in [2.75, 3.05) is 7.05 Å². The molecule has 0 saturated heterocycles. The normalized spacial score (nSPS) is 12.0. The van der Waals surface area contributed by atoms with Gasteiger partial charge in [-0.25, -0.2) is 0 Å². The molecule has 3 aromatic rings. The van der Waals surface area contributed by atoms with Gasteiger partial charge in [-0.2, -0.15) is 5.10 Å². The Bertz CT molecular complexity index is 884. The molecule has 0 aliphatic heterocycles. The molecular weight excluding hydrogens is 324 g/mol. The van der Waals surface area contributed by atoms with Crippen LogP contribution in [0.25, 0.3) is 0 Å². The van der Waals surface area contributed by atoms with Gasteiger partial charge in [-0.15, -0.1) is 0 Å². The summed E-state index contributed by atoms with van der Waals surface area (Å²) in [7, 11) is 1.81. The van der Waals surface area contributed by atoms with Crippen molar-refractivity contribution in [3.63, 3.8) is 0 Å². The van der Waals surface area contributed by atoms with E-state index in [1.165, 1.54) is 0 Å². The first kappa shape index (κ1) is 17.9. The second kappa shape index (κ2) is 7.52. The molecule has 0 fully saturated rings. The van der Waals surface area contributed by atoms with Gasteiger partial charge in [0.25, 0.3) is 5.91 Å². The average molecular weight is 348 g/mol. The van der Waals surface area contributed by atoms with Crippen molar-refractivity contribution in [2.24, 2.45) is 0 Å². The van der Waals surface area contributed by atoms with Gasteiger partial charge < -0.3 is 4.90 Å². The van der Waals surface area contributed by atoms with E-state index in [0.29, 0.717) is 12.1 Å². The van der Waals surface area contributed by atoms with E-state index in [1.807, 2.05) is 75.0 Å². The van der Waals surface area contributed by atoms with Crippen LogP contribution in [-0.2, 0) is 6.54 Å². The molecule has 0 spiro atoms. The number of carbonyl (C=O) groups excluding carboxylic acids is 1. The van der Waals surface area contributed by atoms with E-state index in [0.717, 1.165) is 22.6 Å². The third kappa shape index (κ3) is 3.82. The highest BCUT2D eigenvalue weighted by atomic mass is 16.2. The van der Waals surface area contributed by atoms with Crippen molar-refractivity contribution in [3.8, 4) is 0 Å². The molecule has 1 aromatic carbocycles. The number of carbonyl (C=O) groups is 1. The second-order valence-electron chi connectivity index (χ2n) is 6.63. The van der Waals surface area contributed by atoms with E-state index in [-0.39, 0.29) is 11.9 Å². The quantitative estimate of drug-likeness (QED) is 0.705. The highest BCUT2D eigenvalue weighted by Crippen LogP contribution is 2.19. The van der Waals surface area contributed by atoms with Crippen molar-refractivity contribution in [2.45, 2.75) is 33.4 Å². The van der Waals surface area contributed by atoms with Crippen LogP contribution in [-0.4, -0.2) is 32.6 Å². The van der Waals surface area contributed by atoms with E-state index in [2.05, 4.69) is 16.1 Å². The van der Waals surface area contributed by atoms with E-state index >= 15 is 0 Å². The molecule has 0 saturated carbocycles. The molecule has 134 valence electrons. The zero-order valence-corrected chi connectivity index (χ0v) is 15.7. The van der Waals surface area contributed by atoms with Crippen LogP contribution in [0.1, 0.15) is 46.0 Å². The smallest absolute Gasteiger partial charge is 0.254 e. The fourth-order valence-electron chi connectivity index (χ4n) is 2.96. The predicted octanol–water partition coefficient (Wildman–Crippen LogP) is 3.78. The summed E-state index contributed by atoms with van der Waals surface area (Å²) in [6.45, 7) is 6.72. The standard InChI is InChI=1S/C21H24N4O/c1-15-13-16(2)25(23-15)14-18-8-10-19(11-9-18)21(26)24(4)17(3)20-7-5-6-12-22-20/h5-13,17H,14H2,1-4H3. The number of amides is 1. The molecular formula is C21H24N4O. The van der Waals surface area contributed by atoms with E-state index in [1.54, 1.807) is 11.1 Å². The Labute approximate surface area is 154 Å². The summed E-state index contributed by atoms with van der Waals surface area (Å²) >= 11 is 0. The molecule has 5 nitrogen and oxygen atoms in total. The minimum absolute atomic E-state index is 0.0131. The summed E-state index contributed by atoms with van der Waals surface area (Å²) in [5.74, 6) is -0.0131. The summed E-state index contributed by atoms with van der Waals surface area (Å²) in [6.07, 6.45) is 1.75. The summed E-state index contributed by atoms with van der Waals surface area (Å²) in [5, 5.41) is 4.48. The lowest BCUT2D eigenvalue weighted by atomic mass is 10.1. The number of hydrogen-bond donors (Lipinski definition) is 0. The Hall–Kier alpha value is -2.95. The van der Waals surface area contributed by atoms with Gasteiger partial charge in [0, 0.05) is 24.5 Å². The highest BCUT2D eigenvalue weighted by Gasteiger charge is 2.19. The number of aromatic nitrogens is 3. The number of pyridine rings is 1. The minimum Gasteiger partial charge on any atom is -0.333 e. The third-order valence-corrected chi connectivity index (χ3v) is 4.65. The fourth-order valence-corrected chi connectivity index (χ4v) is 2.96. The van der Waals surface area contributed by atoms with Gasteiger partial charge in [-0.05, 0) is 56.7 Å². The SMILES string of the molecule is Cc1cc(C)n(Cc2ccc(C(=O)N(C)C(C)c3ccccn3)cc2)n1. The maximum atomic E-state index is 12.8.